The third-order valence-corrected chi connectivity index (χ3v) is 3.08. The molecule has 5 nitrogen and oxygen atoms in total. The van der Waals surface area contributed by atoms with E-state index in [0.29, 0.717) is 30.9 Å². The molecule has 0 aliphatic rings. The number of hydrogen-bond acceptors (Lipinski definition) is 4. The number of amides is 1. The number of rotatable bonds is 8. The van der Waals surface area contributed by atoms with Gasteiger partial charge in [-0.25, -0.2) is 0 Å². The summed E-state index contributed by atoms with van der Waals surface area (Å²) < 4.78 is 11.0. The van der Waals surface area contributed by atoms with Gasteiger partial charge in [-0.3, -0.25) is 4.79 Å². The Hall–Kier alpha value is -1.75. The molecule has 0 heterocycles. The van der Waals surface area contributed by atoms with Gasteiger partial charge in [0.2, 0.25) is 5.91 Å². The average Bonchev–Trinajstić information content (AvgIpc) is 2.43. The van der Waals surface area contributed by atoms with Gasteiger partial charge in [0.25, 0.3) is 0 Å². The fourth-order valence-electron chi connectivity index (χ4n) is 1.96. The number of nitrogens with two attached hydrogens (primary N) is 1. The lowest BCUT2D eigenvalue weighted by molar-refractivity contribution is -0.128. The highest BCUT2D eigenvalue weighted by Crippen LogP contribution is 2.28. The summed E-state index contributed by atoms with van der Waals surface area (Å²) in [4.78, 5) is 13.0. The van der Waals surface area contributed by atoms with Crippen molar-refractivity contribution in [3.05, 3.63) is 23.8 Å². The van der Waals surface area contributed by atoms with Crippen LogP contribution in [0, 0.1) is 0 Å². The van der Waals surface area contributed by atoms with E-state index in [-0.39, 0.29) is 11.9 Å². The van der Waals surface area contributed by atoms with Crippen LogP contribution in [0.15, 0.2) is 18.2 Å². The fraction of sp³-hybridized carbons (Fsp3) is 0.562. The summed E-state index contributed by atoms with van der Waals surface area (Å²) >= 11 is 0. The number of carbonyl (C=O) groups excluding carboxylic acids is 1. The maximum absolute atomic E-state index is 11.5. The summed E-state index contributed by atoms with van der Waals surface area (Å²) in [5.41, 5.74) is 6.92. The molecule has 5 heteroatoms. The largest absolute Gasteiger partial charge is 0.493 e. The van der Waals surface area contributed by atoms with Gasteiger partial charge >= 0.3 is 0 Å². The second-order valence-electron chi connectivity index (χ2n) is 5.41. The van der Waals surface area contributed by atoms with E-state index < -0.39 is 0 Å². The van der Waals surface area contributed by atoms with Crippen LogP contribution in [0.4, 0.5) is 0 Å². The van der Waals surface area contributed by atoms with Gasteiger partial charge in [0.05, 0.1) is 13.7 Å². The van der Waals surface area contributed by atoms with E-state index in [4.69, 9.17) is 15.2 Å². The summed E-state index contributed by atoms with van der Waals surface area (Å²) in [7, 11) is 5.13. The van der Waals surface area contributed by atoms with Crippen molar-refractivity contribution < 1.29 is 14.3 Å². The maximum Gasteiger partial charge on any atom is 0.222 e. The van der Waals surface area contributed by atoms with Crippen molar-refractivity contribution in [1.29, 1.82) is 0 Å². The molecule has 118 valence electrons. The van der Waals surface area contributed by atoms with Gasteiger partial charge < -0.3 is 20.1 Å². The summed E-state index contributed by atoms with van der Waals surface area (Å²) in [5, 5.41) is 0. The molecule has 1 rings (SSSR count). The Morgan fingerprint density at radius 3 is 2.62 bits per heavy atom. The van der Waals surface area contributed by atoms with Gasteiger partial charge in [-0.15, -0.1) is 0 Å². The zero-order valence-electron chi connectivity index (χ0n) is 13.4. The predicted octanol–water partition coefficient (Wildman–Crippen LogP) is 1.83. The van der Waals surface area contributed by atoms with Crippen molar-refractivity contribution in [2.45, 2.75) is 32.2 Å². The van der Waals surface area contributed by atoms with E-state index in [1.165, 1.54) is 0 Å². The van der Waals surface area contributed by atoms with Crippen molar-refractivity contribution in [2.75, 3.05) is 27.8 Å². The van der Waals surface area contributed by atoms with Gasteiger partial charge in [0, 0.05) is 26.6 Å². The summed E-state index contributed by atoms with van der Waals surface area (Å²) in [6.07, 6.45) is 1.97. The topological polar surface area (TPSA) is 64.8 Å². The number of carbonyl (C=O) groups is 1. The smallest absolute Gasteiger partial charge is 0.222 e. The molecule has 0 saturated carbocycles. The fourth-order valence-corrected chi connectivity index (χ4v) is 1.96. The van der Waals surface area contributed by atoms with Crippen molar-refractivity contribution in [3.63, 3.8) is 0 Å². The Morgan fingerprint density at radius 1 is 1.33 bits per heavy atom. The van der Waals surface area contributed by atoms with Crippen LogP contribution in [0.3, 0.4) is 0 Å². The lowest BCUT2D eigenvalue weighted by atomic mass is 10.1. The number of ether oxygens (including phenoxy) is 2. The highest BCUT2D eigenvalue weighted by atomic mass is 16.5. The number of hydrogen-bond donors (Lipinski definition) is 1. The van der Waals surface area contributed by atoms with E-state index in [9.17, 15) is 4.79 Å². The average molecular weight is 294 g/mol. The Labute approximate surface area is 127 Å². The molecular weight excluding hydrogens is 268 g/mol. The van der Waals surface area contributed by atoms with E-state index in [1.54, 1.807) is 26.1 Å². The first-order valence-electron chi connectivity index (χ1n) is 7.19. The van der Waals surface area contributed by atoms with Crippen molar-refractivity contribution >= 4 is 5.91 Å². The summed E-state index contributed by atoms with van der Waals surface area (Å²) in [5.74, 6) is 1.51. The molecule has 0 fully saturated rings. The molecule has 0 radical (unpaired) electrons. The standard InChI is InChI=1S/C16H26N2O3/c1-12(17)10-13-7-8-14(15(11-13)20-4)21-9-5-6-16(19)18(2)3/h7-8,11-12H,5-6,9-10,17H2,1-4H3. The first kappa shape index (κ1) is 17.3. The van der Waals surface area contributed by atoms with Crippen molar-refractivity contribution in [1.82, 2.24) is 4.90 Å². The summed E-state index contributed by atoms with van der Waals surface area (Å²) in [6, 6.07) is 5.94. The van der Waals surface area contributed by atoms with E-state index in [2.05, 4.69) is 0 Å². The van der Waals surface area contributed by atoms with E-state index in [0.717, 1.165) is 12.0 Å². The van der Waals surface area contributed by atoms with Gasteiger partial charge in [0.1, 0.15) is 0 Å². The molecule has 0 aliphatic carbocycles. The molecule has 1 atom stereocenters. The van der Waals surface area contributed by atoms with Gasteiger partial charge in [-0.2, -0.15) is 0 Å². The van der Waals surface area contributed by atoms with Crippen LogP contribution < -0.4 is 15.2 Å². The molecular formula is C16H26N2O3. The molecule has 1 unspecified atom stereocenters. The quantitative estimate of drug-likeness (QED) is 0.743. The Morgan fingerprint density at radius 2 is 2.05 bits per heavy atom. The van der Waals surface area contributed by atoms with Gasteiger partial charge in [0.15, 0.2) is 11.5 Å². The predicted molar refractivity (Wildman–Crippen MR) is 83.8 cm³/mol. The first-order chi connectivity index (χ1) is 9.93. The molecule has 0 aromatic heterocycles. The molecule has 1 amide bonds. The molecule has 21 heavy (non-hydrogen) atoms. The second kappa shape index (κ2) is 8.52. The molecule has 0 bridgehead atoms. The van der Waals surface area contributed by atoms with Gasteiger partial charge in [-0.1, -0.05) is 6.07 Å². The normalized spacial score (nSPS) is 11.9. The highest BCUT2D eigenvalue weighted by Gasteiger charge is 2.08. The highest BCUT2D eigenvalue weighted by molar-refractivity contribution is 5.75. The molecule has 1 aromatic rings. The SMILES string of the molecule is COc1cc(CC(C)N)ccc1OCCCC(=O)N(C)C. The third-order valence-electron chi connectivity index (χ3n) is 3.08. The summed E-state index contributed by atoms with van der Waals surface area (Å²) in [6.45, 7) is 2.46. The second-order valence-corrected chi connectivity index (χ2v) is 5.41. The van der Waals surface area contributed by atoms with Gasteiger partial charge in [-0.05, 0) is 37.5 Å². The third kappa shape index (κ3) is 6.04. The van der Waals surface area contributed by atoms with Crippen LogP contribution in [0.5, 0.6) is 11.5 Å². The van der Waals surface area contributed by atoms with Crippen molar-refractivity contribution in [2.24, 2.45) is 5.73 Å². The minimum absolute atomic E-state index is 0.109. The van der Waals surface area contributed by atoms with E-state index >= 15 is 0 Å². The molecule has 0 saturated heterocycles. The first-order valence-corrected chi connectivity index (χ1v) is 7.19. The van der Waals surface area contributed by atoms with E-state index in [1.807, 2.05) is 25.1 Å². The number of methoxy groups -OCH3 is 1. The molecule has 0 spiro atoms. The monoisotopic (exact) mass is 294 g/mol. The van der Waals surface area contributed by atoms with Crippen LogP contribution in [0.1, 0.15) is 25.3 Å². The lowest BCUT2D eigenvalue weighted by Crippen LogP contribution is -2.21. The lowest BCUT2D eigenvalue weighted by Gasteiger charge is -2.14. The van der Waals surface area contributed by atoms with Crippen LogP contribution in [-0.4, -0.2) is 44.7 Å². The number of benzene rings is 1. The molecule has 0 aliphatic heterocycles. The van der Waals surface area contributed by atoms with Crippen LogP contribution in [0.25, 0.3) is 0 Å². The number of nitrogens with zero attached hydrogens (tertiary/aromatic N) is 1. The van der Waals surface area contributed by atoms with Crippen LogP contribution >= 0.6 is 0 Å². The molecule has 1 aromatic carbocycles. The maximum atomic E-state index is 11.5. The van der Waals surface area contributed by atoms with Crippen LogP contribution in [0.2, 0.25) is 0 Å². The Balaban J connectivity index is 2.53. The zero-order chi connectivity index (χ0) is 15.8. The molecule has 2 N–H and O–H groups in total. The Bertz CT molecular complexity index is 459. The minimum Gasteiger partial charge on any atom is -0.493 e. The Kier molecular flexibility index (Phi) is 7.02. The minimum atomic E-state index is 0.109. The van der Waals surface area contributed by atoms with Crippen molar-refractivity contribution in [3.8, 4) is 11.5 Å². The zero-order valence-corrected chi connectivity index (χ0v) is 13.4. The van der Waals surface area contributed by atoms with Crippen LogP contribution in [-0.2, 0) is 11.2 Å².